The number of anilines is 1. The van der Waals surface area contributed by atoms with Crippen molar-refractivity contribution in [3.8, 4) is 0 Å². The summed E-state index contributed by atoms with van der Waals surface area (Å²) in [5.74, 6) is -1.55. The summed E-state index contributed by atoms with van der Waals surface area (Å²) in [5, 5.41) is 11.7. The van der Waals surface area contributed by atoms with Crippen molar-refractivity contribution < 1.29 is 29.0 Å². The summed E-state index contributed by atoms with van der Waals surface area (Å²) < 4.78 is 10.5. The molecule has 0 aliphatic carbocycles. The van der Waals surface area contributed by atoms with Crippen LogP contribution in [-0.2, 0) is 19.1 Å². The molecule has 2 N–H and O–H groups in total. The number of ether oxygens (including phenoxy) is 2. The summed E-state index contributed by atoms with van der Waals surface area (Å²) in [7, 11) is 0. The van der Waals surface area contributed by atoms with E-state index in [9.17, 15) is 14.4 Å². The molecule has 8 heteroatoms. The molecule has 0 radical (unpaired) electrons. The number of carboxylic acid groups (broad SMARTS) is 1. The second-order valence-corrected chi connectivity index (χ2v) is 6.40. The number of nitrogens with one attached hydrogen (secondary N) is 1. The van der Waals surface area contributed by atoms with Crippen molar-refractivity contribution in [3.05, 3.63) is 29.3 Å². The standard InChI is InChI=1S/C18H22N2O6/c1-11-12(17(22)20-7-9-25-10-8-20)3-2-4-13(11)19-16(21)14-5-6-15(26-14)18(23)24/h2-4,14-15H,5-10H2,1H3,(H,19,21)(H,23,24)/t14-,15+/m0/s1. The highest BCUT2D eigenvalue weighted by Gasteiger charge is 2.35. The Labute approximate surface area is 151 Å². The summed E-state index contributed by atoms with van der Waals surface area (Å²) in [6.45, 7) is 3.90. The van der Waals surface area contributed by atoms with Crippen molar-refractivity contribution in [2.75, 3.05) is 31.6 Å². The molecule has 2 fully saturated rings. The topological polar surface area (TPSA) is 105 Å². The molecule has 0 unspecified atom stereocenters. The van der Waals surface area contributed by atoms with Gasteiger partial charge >= 0.3 is 5.97 Å². The van der Waals surface area contributed by atoms with Crippen LogP contribution in [0, 0.1) is 6.92 Å². The minimum atomic E-state index is -1.06. The van der Waals surface area contributed by atoms with E-state index in [1.54, 1.807) is 30.0 Å². The predicted molar refractivity (Wildman–Crippen MR) is 92.1 cm³/mol. The molecule has 0 spiro atoms. The number of morpholine rings is 1. The Hall–Kier alpha value is -2.45. The number of carboxylic acids is 1. The minimum absolute atomic E-state index is 0.0926. The lowest BCUT2D eigenvalue weighted by Gasteiger charge is -2.27. The van der Waals surface area contributed by atoms with E-state index in [2.05, 4.69) is 5.32 Å². The number of benzene rings is 1. The van der Waals surface area contributed by atoms with Gasteiger partial charge in [0.2, 0.25) is 0 Å². The second-order valence-electron chi connectivity index (χ2n) is 6.40. The van der Waals surface area contributed by atoms with Crippen LogP contribution in [0.25, 0.3) is 0 Å². The number of rotatable bonds is 4. The second kappa shape index (κ2) is 7.84. The predicted octanol–water partition coefficient (Wildman–Crippen LogP) is 1.04. The van der Waals surface area contributed by atoms with Crippen molar-refractivity contribution in [3.63, 3.8) is 0 Å². The zero-order valence-corrected chi connectivity index (χ0v) is 14.6. The largest absolute Gasteiger partial charge is 0.479 e. The Morgan fingerprint density at radius 3 is 2.50 bits per heavy atom. The Balaban J connectivity index is 1.70. The van der Waals surface area contributed by atoms with E-state index in [1.165, 1.54) is 0 Å². The van der Waals surface area contributed by atoms with Crippen LogP contribution >= 0.6 is 0 Å². The first-order chi connectivity index (χ1) is 12.5. The molecule has 2 heterocycles. The third-order valence-electron chi connectivity index (χ3n) is 4.71. The number of nitrogens with zero attached hydrogens (tertiary/aromatic N) is 1. The quantitative estimate of drug-likeness (QED) is 0.829. The van der Waals surface area contributed by atoms with E-state index in [1.807, 2.05) is 0 Å². The van der Waals surface area contributed by atoms with Gasteiger partial charge in [-0.15, -0.1) is 0 Å². The van der Waals surface area contributed by atoms with Crippen LogP contribution in [0.1, 0.15) is 28.8 Å². The molecule has 1 aromatic carbocycles. The van der Waals surface area contributed by atoms with Crippen LogP contribution in [0.4, 0.5) is 5.69 Å². The molecule has 8 nitrogen and oxygen atoms in total. The normalized spacial score (nSPS) is 22.9. The molecule has 0 saturated carbocycles. The minimum Gasteiger partial charge on any atom is -0.479 e. The van der Waals surface area contributed by atoms with Crippen molar-refractivity contribution in [1.82, 2.24) is 4.90 Å². The average molecular weight is 362 g/mol. The van der Waals surface area contributed by atoms with Gasteiger partial charge in [0.1, 0.15) is 6.10 Å². The first-order valence-corrected chi connectivity index (χ1v) is 8.63. The van der Waals surface area contributed by atoms with Crippen molar-refractivity contribution in [2.45, 2.75) is 32.0 Å². The van der Waals surface area contributed by atoms with Gasteiger partial charge in [-0.1, -0.05) is 6.07 Å². The smallest absolute Gasteiger partial charge is 0.332 e. The first-order valence-electron chi connectivity index (χ1n) is 8.63. The molecule has 0 aromatic heterocycles. The monoisotopic (exact) mass is 362 g/mol. The lowest BCUT2D eigenvalue weighted by atomic mass is 10.0. The molecule has 3 rings (SSSR count). The molecule has 2 amide bonds. The van der Waals surface area contributed by atoms with Gasteiger partial charge in [-0.05, 0) is 37.5 Å². The number of aliphatic carboxylic acids is 1. The molecule has 2 saturated heterocycles. The Bertz CT molecular complexity index is 714. The molecule has 0 bridgehead atoms. The SMILES string of the molecule is Cc1c(NC(=O)[C@@H]2CC[C@H](C(=O)O)O2)cccc1C(=O)N1CCOCC1. The fraction of sp³-hybridized carbons (Fsp3) is 0.500. The highest BCUT2D eigenvalue weighted by atomic mass is 16.5. The molecule has 2 aliphatic heterocycles. The van der Waals surface area contributed by atoms with Crippen LogP contribution in [0.5, 0.6) is 0 Å². The lowest BCUT2D eigenvalue weighted by Crippen LogP contribution is -2.41. The summed E-state index contributed by atoms with van der Waals surface area (Å²) in [4.78, 5) is 37.8. The maximum absolute atomic E-state index is 12.7. The Kier molecular flexibility index (Phi) is 5.53. The maximum atomic E-state index is 12.7. The number of hydrogen-bond donors (Lipinski definition) is 2. The molecule has 2 aliphatic rings. The molecular formula is C18H22N2O6. The first kappa shape index (κ1) is 18.3. The van der Waals surface area contributed by atoms with E-state index in [4.69, 9.17) is 14.6 Å². The van der Waals surface area contributed by atoms with Gasteiger partial charge in [-0.3, -0.25) is 9.59 Å². The molecule has 26 heavy (non-hydrogen) atoms. The van der Waals surface area contributed by atoms with Crippen LogP contribution in [0.2, 0.25) is 0 Å². The summed E-state index contributed by atoms with van der Waals surface area (Å²) in [6.07, 6.45) is -1.08. The molecule has 140 valence electrons. The number of amides is 2. The van der Waals surface area contributed by atoms with Gasteiger partial charge in [-0.2, -0.15) is 0 Å². The maximum Gasteiger partial charge on any atom is 0.332 e. The van der Waals surface area contributed by atoms with Gasteiger partial charge in [-0.25, -0.2) is 4.79 Å². The number of carbonyl (C=O) groups excluding carboxylic acids is 2. The lowest BCUT2D eigenvalue weighted by molar-refractivity contribution is -0.150. The van der Waals surface area contributed by atoms with Gasteiger partial charge in [0.05, 0.1) is 13.2 Å². The van der Waals surface area contributed by atoms with Crippen molar-refractivity contribution in [2.24, 2.45) is 0 Å². The van der Waals surface area contributed by atoms with Crippen LogP contribution in [0.3, 0.4) is 0 Å². The average Bonchev–Trinajstić information content (AvgIpc) is 3.14. The van der Waals surface area contributed by atoms with Crippen molar-refractivity contribution in [1.29, 1.82) is 0 Å². The summed E-state index contributed by atoms with van der Waals surface area (Å²) in [6, 6.07) is 5.16. The van der Waals surface area contributed by atoms with Crippen molar-refractivity contribution >= 4 is 23.5 Å². The summed E-state index contributed by atoms with van der Waals surface area (Å²) in [5.41, 5.74) is 1.72. The van der Waals surface area contributed by atoms with Crippen LogP contribution in [-0.4, -0.2) is 66.3 Å². The van der Waals surface area contributed by atoms with Crippen LogP contribution < -0.4 is 5.32 Å². The zero-order chi connectivity index (χ0) is 18.7. The van der Waals surface area contributed by atoms with E-state index >= 15 is 0 Å². The molecule has 2 atom stereocenters. The fourth-order valence-electron chi connectivity index (χ4n) is 3.16. The number of hydrogen-bond acceptors (Lipinski definition) is 5. The molecular weight excluding hydrogens is 340 g/mol. The highest BCUT2D eigenvalue weighted by Crippen LogP contribution is 2.24. The van der Waals surface area contributed by atoms with Gasteiger partial charge in [0.25, 0.3) is 11.8 Å². The summed E-state index contributed by atoms with van der Waals surface area (Å²) >= 11 is 0. The third kappa shape index (κ3) is 3.86. The van der Waals surface area contributed by atoms with E-state index in [0.29, 0.717) is 56.0 Å². The zero-order valence-electron chi connectivity index (χ0n) is 14.6. The van der Waals surface area contributed by atoms with Gasteiger partial charge in [0, 0.05) is 24.3 Å². The Morgan fingerprint density at radius 1 is 1.15 bits per heavy atom. The van der Waals surface area contributed by atoms with Gasteiger partial charge in [0.15, 0.2) is 6.10 Å². The van der Waals surface area contributed by atoms with E-state index < -0.39 is 24.1 Å². The van der Waals surface area contributed by atoms with E-state index in [-0.39, 0.29) is 5.91 Å². The van der Waals surface area contributed by atoms with Crippen LogP contribution in [0.15, 0.2) is 18.2 Å². The van der Waals surface area contributed by atoms with E-state index in [0.717, 1.165) is 0 Å². The fourth-order valence-corrected chi connectivity index (χ4v) is 3.16. The van der Waals surface area contributed by atoms with Gasteiger partial charge < -0.3 is 24.8 Å². The Morgan fingerprint density at radius 2 is 1.85 bits per heavy atom. The molecule has 1 aromatic rings. The third-order valence-corrected chi connectivity index (χ3v) is 4.71. The highest BCUT2D eigenvalue weighted by molar-refractivity contribution is 6.00. The number of carbonyl (C=O) groups is 3.